The van der Waals surface area contributed by atoms with Crippen LogP contribution in [0.15, 0.2) is 146 Å². The predicted molar refractivity (Wildman–Crippen MR) is 255 cm³/mol. The Morgan fingerprint density at radius 2 is 0.679 bits per heavy atom. The van der Waals surface area contributed by atoms with Crippen molar-refractivity contribution in [3.05, 3.63) is 157 Å². The minimum atomic E-state index is -1.81. The molecule has 0 unspecified atom stereocenters. The van der Waals surface area contributed by atoms with Gasteiger partial charge < -0.3 is 9.80 Å². The molecular formula is C50H51N3Si3. The lowest BCUT2D eigenvalue weighted by Gasteiger charge is -2.35. The maximum absolute atomic E-state index is 8.23. The third-order valence-electron chi connectivity index (χ3n) is 11.2. The molecule has 8 aromatic carbocycles. The molecule has 0 atom stereocenters. The van der Waals surface area contributed by atoms with Crippen molar-refractivity contribution in [3.63, 3.8) is 0 Å². The molecule has 0 aliphatic heterocycles. The number of para-hydroxylation sites is 5. The lowest BCUT2D eigenvalue weighted by molar-refractivity contribution is 1.31. The smallest absolute Gasteiger partial charge is 0.210 e. The fourth-order valence-corrected chi connectivity index (χ4v) is 13.3. The van der Waals surface area contributed by atoms with Crippen molar-refractivity contribution < 1.29 is 0 Å². The van der Waals surface area contributed by atoms with Gasteiger partial charge in [0, 0.05) is 27.8 Å². The Balaban J connectivity index is 1.47. The number of hydrogen-bond acceptors (Lipinski definition) is 2. The monoisotopic (exact) mass is 777 g/mol. The summed E-state index contributed by atoms with van der Waals surface area (Å²) in [6, 6.07) is 53.7. The highest BCUT2D eigenvalue weighted by Crippen LogP contribution is 2.48. The molecule has 0 aromatic heterocycles. The van der Waals surface area contributed by atoms with Crippen LogP contribution >= 0.6 is 0 Å². The molecule has 278 valence electrons. The van der Waals surface area contributed by atoms with Gasteiger partial charge in [0.2, 0.25) is 5.69 Å². The van der Waals surface area contributed by atoms with Crippen LogP contribution in [0.1, 0.15) is 0 Å². The molecule has 0 amide bonds. The van der Waals surface area contributed by atoms with E-state index in [1.165, 1.54) is 64.9 Å². The molecular weight excluding hydrogens is 727 g/mol. The molecule has 8 rings (SSSR count). The van der Waals surface area contributed by atoms with Crippen LogP contribution in [0.3, 0.4) is 0 Å². The Labute approximate surface area is 336 Å². The van der Waals surface area contributed by atoms with Crippen LogP contribution in [0.4, 0.5) is 39.8 Å². The van der Waals surface area contributed by atoms with Crippen LogP contribution in [-0.4, -0.2) is 24.2 Å². The second kappa shape index (κ2) is 13.9. The Bertz CT molecular complexity index is 2740. The highest BCUT2D eigenvalue weighted by Gasteiger charge is 2.31. The van der Waals surface area contributed by atoms with Crippen molar-refractivity contribution in [2.45, 2.75) is 58.9 Å². The first kappa shape index (κ1) is 37.5. The van der Waals surface area contributed by atoms with E-state index in [9.17, 15) is 0 Å². The highest BCUT2D eigenvalue weighted by molar-refractivity contribution is 6.91. The van der Waals surface area contributed by atoms with Gasteiger partial charge >= 0.3 is 0 Å². The van der Waals surface area contributed by atoms with Gasteiger partial charge in [-0.25, -0.2) is 4.85 Å². The van der Waals surface area contributed by atoms with Crippen molar-refractivity contribution in [1.82, 2.24) is 0 Å². The first-order valence-electron chi connectivity index (χ1n) is 19.7. The number of rotatable bonds is 9. The molecule has 0 bridgehead atoms. The van der Waals surface area contributed by atoms with Gasteiger partial charge in [-0.05, 0) is 73.5 Å². The minimum absolute atomic E-state index is 0.642. The molecule has 0 fully saturated rings. The summed E-state index contributed by atoms with van der Waals surface area (Å²) in [5, 5.41) is 11.7. The third-order valence-corrected chi connectivity index (χ3v) is 17.3. The SMILES string of the molecule is [C-]#[N+]c1ccccc1N(c1ccccc1[Si](C)(C)C)c1ccc2ccc3c(N(c4ccccc4[Si](C)(C)C)c4ccccc4[Si](C)(C)C)ccc4ccc1c2c43. The van der Waals surface area contributed by atoms with E-state index in [-0.39, 0.29) is 0 Å². The van der Waals surface area contributed by atoms with Crippen LogP contribution < -0.4 is 25.4 Å². The van der Waals surface area contributed by atoms with Gasteiger partial charge in [-0.15, -0.1) is 0 Å². The number of benzene rings is 8. The summed E-state index contributed by atoms with van der Waals surface area (Å²) < 4.78 is 0. The summed E-state index contributed by atoms with van der Waals surface area (Å²) in [6.45, 7) is 30.2. The average Bonchev–Trinajstić information content (AvgIpc) is 3.17. The summed E-state index contributed by atoms with van der Waals surface area (Å²) in [5.41, 5.74) is 7.54. The van der Waals surface area contributed by atoms with E-state index >= 15 is 0 Å². The topological polar surface area (TPSA) is 10.8 Å². The minimum Gasteiger partial charge on any atom is -0.320 e. The number of anilines is 6. The summed E-state index contributed by atoms with van der Waals surface area (Å²) in [4.78, 5) is 9.02. The van der Waals surface area contributed by atoms with Crippen LogP contribution in [0.25, 0.3) is 37.2 Å². The standard InChI is InChI=1S/C50H51N3Si3/c1-51-39-19-11-12-20-42(39)52(43-21-13-16-24-46(43)54(2,3)4)40-33-29-35-28-32-38-41(34-30-36-27-31-37(40)49(35)50(36)38)53(44-22-14-17-25-47(44)55(5,6)7)45-23-15-18-26-48(45)56(8,9)10/h11-34H,2-10H3. The van der Waals surface area contributed by atoms with E-state index in [4.69, 9.17) is 6.57 Å². The highest BCUT2D eigenvalue weighted by atomic mass is 28.3. The van der Waals surface area contributed by atoms with E-state index in [0.717, 1.165) is 17.1 Å². The summed E-state index contributed by atoms with van der Waals surface area (Å²) in [6.07, 6.45) is 0. The first-order valence-corrected chi connectivity index (χ1v) is 30.2. The summed E-state index contributed by atoms with van der Waals surface area (Å²) in [5.74, 6) is 0. The van der Waals surface area contributed by atoms with Crippen LogP contribution in [0.5, 0.6) is 0 Å². The molecule has 3 nitrogen and oxygen atoms in total. The van der Waals surface area contributed by atoms with E-state index in [1.807, 2.05) is 12.1 Å². The predicted octanol–water partition coefficient (Wildman–Crippen LogP) is 13.7. The van der Waals surface area contributed by atoms with E-state index in [1.54, 1.807) is 0 Å². The molecule has 6 heteroatoms. The molecule has 0 saturated carbocycles. The van der Waals surface area contributed by atoms with Crippen molar-refractivity contribution in [1.29, 1.82) is 0 Å². The van der Waals surface area contributed by atoms with Gasteiger partial charge in [-0.1, -0.05) is 168 Å². The lowest BCUT2D eigenvalue weighted by Crippen LogP contribution is -2.43. The molecule has 0 aliphatic rings. The molecule has 0 aliphatic carbocycles. The van der Waals surface area contributed by atoms with Gasteiger partial charge in [-0.3, -0.25) is 0 Å². The lowest BCUT2D eigenvalue weighted by atomic mass is 9.91. The molecule has 0 spiro atoms. The maximum Gasteiger partial charge on any atom is 0.210 e. The Morgan fingerprint density at radius 3 is 1.05 bits per heavy atom. The van der Waals surface area contributed by atoms with Crippen LogP contribution in [-0.2, 0) is 0 Å². The molecule has 0 saturated heterocycles. The Kier molecular flexibility index (Phi) is 9.32. The normalized spacial score (nSPS) is 12.4. The zero-order valence-electron chi connectivity index (χ0n) is 34.2. The summed E-state index contributed by atoms with van der Waals surface area (Å²) in [7, 11) is -5.34. The van der Waals surface area contributed by atoms with Crippen molar-refractivity contribution in [3.8, 4) is 0 Å². The number of hydrogen-bond donors (Lipinski definition) is 0. The van der Waals surface area contributed by atoms with Gasteiger partial charge in [0.1, 0.15) is 0 Å². The van der Waals surface area contributed by atoms with Gasteiger partial charge in [0.25, 0.3) is 0 Å². The molecule has 0 radical (unpaired) electrons. The maximum atomic E-state index is 8.23. The van der Waals surface area contributed by atoms with Gasteiger partial charge in [0.05, 0.1) is 47.9 Å². The van der Waals surface area contributed by atoms with E-state index in [2.05, 4.69) is 207 Å². The van der Waals surface area contributed by atoms with Gasteiger partial charge in [-0.2, -0.15) is 0 Å². The van der Waals surface area contributed by atoms with Crippen LogP contribution in [0.2, 0.25) is 58.9 Å². The van der Waals surface area contributed by atoms with Crippen molar-refractivity contribution >= 4 is 112 Å². The fraction of sp³-hybridized carbons (Fsp3) is 0.180. The zero-order chi connectivity index (χ0) is 39.6. The molecule has 8 aromatic rings. The Morgan fingerprint density at radius 1 is 0.357 bits per heavy atom. The second-order valence-corrected chi connectivity index (χ2v) is 33.3. The third kappa shape index (κ3) is 6.44. The van der Waals surface area contributed by atoms with Crippen molar-refractivity contribution in [2.24, 2.45) is 0 Å². The van der Waals surface area contributed by atoms with E-state index < -0.39 is 24.2 Å². The van der Waals surface area contributed by atoms with Gasteiger partial charge in [0.15, 0.2) is 0 Å². The Hall–Kier alpha value is -5.46. The average molecular weight is 778 g/mol. The molecule has 0 heterocycles. The fourth-order valence-electron chi connectivity index (χ4n) is 8.60. The second-order valence-electron chi connectivity index (χ2n) is 18.2. The molecule has 56 heavy (non-hydrogen) atoms. The first-order chi connectivity index (χ1) is 26.7. The quantitative estimate of drug-likeness (QED) is 0.0821. The zero-order valence-corrected chi connectivity index (χ0v) is 37.2. The van der Waals surface area contributed by atoms with Crippen molar-refractivity contribution in [2.75, 3.05) is 9.80 Å². The van der Waals surface area contributed by atoms with E-state index in [0.29, 0.717) is 5.69 Å². The summed E-state index contributed by atoms with van der Waals surface area (Å²) >= 11 is 0. The largest absolute Gasteiger partial charge is 0.320 e. The number of nitrogens with zero attached hydrogens (tertiary/aromatic N) is 3. The molecule has 0 N–H and O–H groups in total. The van der Waals surface area contributed by atoms with Crippen LogP contribution in [0, 0.1) is 6.57 Å².